The van der Waals surface area contributed by atoms with Crippen LogP contribution in [0, 0.1) is 6.92 Å². The number of amides is 2. The number of benzene rings is 2. The van der Waals surface area contributed by atoms with Crippen LogP contribution in [-0.2, 0) is 4.79 Å². The molecule has 3 aromatic rings. The summed E-state index contributed by atoms with van der Waals surface area (Å²) in [4.78, 5) is 26.6. The van der Waals surface area contributed by atoms with Crippen molar-refractivity contribution in [3.8, 4) is 11.3 Å². The summed E-state index contributed by atoms with van der Waals surface area (Å²) >= 11 is 12.9. The Bertz CT molecular complexity index is 1140. The Morgan fingerprint density at radius 2 is 1.82 bits per heavy atom. The highest BCUT2D eigenvalue weighted by molar-refractivity contribution is 8.19. The van der Waals surface area contributed by atoms with Crippen LogP contribution in [0.3, 0.4) is 0 Å². The van der Waals surface area contributed by atoms with E-state index in [1.165, 1.54) is 4.90 Å². The summed E-state index contributed by atoms with van der Waals surface area (Å²) in [6.45, 7) is 1.91. The number of rotatable bonds is 3. The molecule has 28 heavy (non-hydrogen) atoms. The summed E-state index contributed by atoms with van der Waals surface area (Å²) in [5.74, 6) is 0.687. The largest absolute Gasteiger partial charge is 0.457 e. The van der Waals surface area contributed by atoms with Crippen molar-refractivity contribution in [1.29, 1.82) is 0 Å². The van der Waals surface area contributed by atoms with Gasteiger partial charge < -0.3 is 4.42 Å². The van der Waals surface area contributed by atoms with Crippen molar-refractivity contribution in [2.75, 3.05) is 4.90 Å². The Morgan fingerprint density at radius 3 is 2.57 bits per heavy atom. The van der Waals surface area contributed by atoms with E-state index in [0.29, 0.717) is 32.2 Å². The Morgan fingerprint density at radius 1 is 1.00 bits per heavy atom. The molecule has 4 rings (SSSR count). The number of nitrogens with zero attached hydrogens (tertiary/aromatic N) is 1. The van der Waals surface area contributed by atoms with Gasteiger partial charge in [-0.05, 0) is 66.7 Å². The summed E-state index contributed by atoms with van der Waals surface area (Å²) in [6, 6.07) is 16.0. The van der Waals surface area contributed by atoms with Gasteiger partial charge in [0.25, 0.3) is 11.1 Å². The maximum absolute atomic E-state index is 12.7. The maximum atomic E-state index is 12.7. The zero-order valence-electron chi connectivity index (χ0n) is 14.6. The van der Waals surface area contributed by atoms with Crippen molar-refractivity contribution in [2.24, 2.45) is 0 Å². The van der Waals surface area contributed by atoms with Gasteiger partial charge in [0, 0.05) is 11.6 Å². The van der Waals surface area contributed by atoms with Crippen LogP contribution in [0.5, 0.6) is 0 Å². The van der Waals surface area contributed by atoms with Crippen molar-refractivity contribution in [2.45, 2.75) is 6.92 Å². The van der Waals surface area contributed by atoms with E-state index in [9.17, 15) is 9.59 Å². The molecule has 1 aromatic heterocycles. The second-order valence-electron chi connectivity index (χ2n) is 6.19. The van der Waals surface area contributed by atoms with Crippen LogP contribution >= 0.6 is 35.0 Å². The molecule has 1 fully saturated rings. The van der Waals surface area contributed by atoms with E-state index in [4.69, 9.17) is 27.6 Å². The zero-order valence-corrected chi connectivity index (χ0v) is 16.9. The number of imide groups is 1. The lowest BCUT2D eigenvalue weighted by atomic mass is 10.2. The molecule has 0 N–H and O–H groups in total. The molecule has 0 spiro atoms. The molecule has 0 aliphatic carbocycles. The predicted molar refractivity (Wildman–Crippen MR) is 114 cm³/mol. The third kappa shape index (κ3) is 3.61. The summed E-state index contributed by atoms with van der Waals surface area (Å²) in [5, 5.41) is 0.552. The number of carbonyl (C=O) groups is 2. The molecule has 1 aliphatic rings. The number of furan rings is 1. The molecule has 2 heterocycles. The van der Waals surface area contributed by atoms with Crippen LogP contribution < -0.4 is 4.90 Å². The summed E-state index contributed by atoms with van der Waals surface area (Å²) in [5.41, 5.74) is 2.29. The zero-order chi connectivity index (χ0) is 19.8. The van der Waals surface area contributed by atoms with Gasteiger partial charge in [-0.15, -0.1) is 0 Å². The van der Waals surface area contributed by atoms with Gasteiger partial charge in [0.2, 0.25) is 0 Å². The van der Waals surface area contributed by atoms with Crippen LogP contribution in [-0.4, -0.2) is 11.1 Å². The topological polar surface area (TPSA) is 50.5 Å². The monoisotopic (exact) mass is 429 g/mol. The molecule has 7 heteroatoms. The molecule has 0 atom stereocenters. The van der Waals surface area contributed by atoms with Gasteiger partial charge in [0.1, 0.15) is 11.5 Å². The molecule has 2 amide bonds. The van der Waals surface area contributed by atoms with Crippen molar-refractivity contribution in [3.05, 3.63) is 80.9 Å². The Hall–Kier alpha value is -2.47. The van der Waals surface area contributed by atoms with Crippen molar-refractivity contribution in [1.82, 2.24) is 0 Å². The van der Waals surface area contributed by atoms with Gasteiger partial charge in [-0.1, -0.05) is 35.3 Å². The van der Waals surface area contributed by atoms with E-state index in [2.05, 4.69) is 0 Å². The first-order valence-corrected chi connectivity index (χ1v) is 9.89. The molecule has 140 valence electrons. The third-order valence-corrected chi connectivity index (χ3v) is 5.77. The first-order chi connectivity index (χ1) is 13.4. The summed E-state index contributed by atoms with van der Waals surface area (Å²) in [7, 11) is 0. The van der Waals surface area contributed by atoms with E-state index in [0.717, 1.165) is 22.9 Å². The highest BCUT2D eigenvalue weighted by Gasteiger charge is 2.36. The van der Waals surface area contributed by atoms with Crippen LogP contribution in [0.15, 0.2) is 63.9 Å². The second kappa shape index (κ2) is 7.51. The molecule has 2 aromatic carbocycles. The third-order valence-electron chi connectivity index (χ3n) is 4.16. The molecule has 0 unspecified atom stereocenters. The van der Waals surface area contributed by atoms with Crippen molar-refractivity contribution in [3.63, 3.8) is 0 Å². The van der Waals surface area contributed by atoms with Gasteiger partial charge in [-0.2, -0.15) is 0 Å². The molecule has 1 saturated heterocycles. The molecule has 0 radical (unpaired) electrons. The summed E-state index contributed by atoms with van der Waals surface area (Å²) < 4.78 is 5.80. The predicted octanol–water partition coefficient (Wildman–Crippen LogP) is 6.80. The molecule has 0 bridgehead atoms. The Labute approximate surface area is 175 Å². The molecule has 1 aliphatic heterocycles. The number of carbonyl (C=O) groups excluding carboxylic acids is 2. The number of aryl methyl sites for hydroxylation is 1. The van der Waals surface area contributed by atoms with Crippen LogP contribution in [0.25, 0.3) is 17.4 Å². The number of anilines is 1. The SMILES string of the molecule is Cc1cccc(N2C(=O)SC(=Cc3ccc(-c4ccc(Cl)c(Cl)c4)o3)C2=O)c1. The fourth-order valence-electron chi connectivity index (χ4n) is 2.82. The van der Waals surface area contributed by atoms with Gasteiger partial charge in [0.15, 0.2) is 0 Å². The highest BCUT2D eigenvalue weighted by Crippen LogP contribution is 2.37. The average molecular weight is 430 g/mol. The molecular weight excluding hydrogens is 417 g/mol. The average Bonchev–Trinajstić information content (AvgIpc) is 3.22. The molecule has 0 saturated carbocycles. The minimum Gasteiger partial charge on any atom is -0.457 e. The fourth-order valence-corrected chi connectivity index (χ4v) is 3.94. The van der Waals surface area contributed by atoms with Crippen molar-refractivity contribution >= 4 is 57.9 Å². The lowest BCUT2D eigenvalue weighted by Gasteiger charge is -2.12. The number of hydrogen-bond acceptors (Lipinski definition) is 4. The van der Waals surface area contributed by atoms with E-state index >= 15 is 0 Å². The van der Waals surface area contributed by atoms with Crippen LogP contribution in [0.4, 0.5) is 10.5 Å². The van der Waals surface area contributed by atoms with Gasteiger partial charge in [-0.25, -0.2) is 4.90 Å². The molecule has 4 nitrogen and oxygen atoms in total. The quantitative estimate of drug-likeness (QED) is 0.429. The highest BCUT2D eigenvalue weighted by atomic mass is 35.5. The van der Waals surface area contributed by atoms with Crippen LogP contribution in [0.2, 0.25) is 10.0 Å². The van der Waals surface area contributed by atoms with E-state index < -0.39 is 0 Å². The van der Waals surface area contributed by atoms with E-state index in [1.54, 1.807) is 48.5 Å². The van der Waals surface area contributed by atoms with E-state index in [-0.39, 0.29) is 11.1 Å². The first kappa shape index (κ1) is 18.9. The van der Waals surface area contributed by atoms with Gasteiger partial charge >= 0.3 is 0 Å². The first-order valence-electron chi connectivity index (χ1n) is 8.32. The minimum atomic E-state index is -0.368. The second-order valence-corrected chi connectivity index (χ2v) is 7.99. The number of thioether (sulfide) groups is 1. The smallest absolute Gasteiger partial charge is 0.298 e. The Balaban J connectivity index is 1.61. The normalized spacial score (nSPS) is 15.7. The lowest BCUT2D eigenvalue weighted by molar-refractivity contribution is -0.113. The maximum Gasteiger partial charge on any atom is 0.298 e. The fraction of sp³-hybridized carbons (Fsp3) is 0.0476. The Kier molecular flexibility index (Phi) is 5.06. The number of hydrogen-bond donors (Lipinski definition) is 0. The molecular formula is C21H13Cl2NO3S. The van der Waals surface area contributed by atoms with E-state index in [1.807, 2.05) is 19.1 Å². The number of halogens is 2. The van der Waals surface area contributed by atoms with Crippen LogP contribution in [0.1, 0.15) is 11.3 Å². The lowest BCUT2D eigenvalue weighted by Crippen LogP contribution is -2.27. The minimum absolute atomic E-state index is 0.307. The van der Waals surface area contributed by atoms with Gasteiger partial charge in [0.05, 0.1) is 20.6 Å². The standard InChI is InChI=1S/C21H13Cl2NO3S/c1-12-3-2-4-14(9-12)24-20(25)19(28-21(24)26)11-15-6-8-18(27-15)13-5-7-16(22)17(23)10-13/h2-11H,1H3. The van der Waals surface area contributed by atoms with Gasteiger partial charge in [-0.3, -0.25) is 9.59 Å². The summed E-state index contributed by atoms with van der Waals surface area (Å²) in [6.07, 6.45) is 1.57. The van der Waals surface area contributed by atoms with Crippen molar-refractivity contribution < 1.29 is 14.0 Å².